The second-order valence-electron chi connectivity index (χ2n) is 6.41. The van der Waals surface area contributed by atoms with Crippen LogP contribution in [-0.2, 0) is 16.1 Å². The number of carbonyl (C=O) groups excluding carboxylic acids is 2. The van der Waals surface area contributed by atoms with Crippen LogP contribution < -0.4 is 15.4 Å². The molecule has 2 aromatic rings. The van der Waals surface area contributed by atoms with Crippen LogP contribution in [0.4, 0.5) is 5.69 Å². The van der Waals surface area contributed by atoms with E-state index >= 15 is 0 Å². The Labute approximate surface area is 154 Å². The molecule has 0 saturated heterocycles. The summed E-state index contributed by atoms with van der Waals surface area (Å²) in [6.45, 7) is 7.25. The molecule has 0 aromatic heterocycles. The largest absolute Gasteiger partial charge is 0.494 e. The van der Waals surface area contributed by atoms with Crippen LogP contribution in [-0.4, -0.2) is 18.4 Å². The molecule has 0 heterocycles. The normalized spacial score (nSPS) is 10.5. The van der Waals surface area contributed by atoms with Crippen molar-refractivity contribution in [3.8, 4) is 5.75 Å². The van der Waals surface area contributed by atoms with Gasteiger partial charge in [-0.1, -0.05) is 45.0 Å². The van der Waals surface area contributed by atoms with Gasteiger partial charge in [-0.3, -0.25) is 9.59 Å². The van der Waals surface area contributed by atoms with E-state index in [2.05, 4.69) is 24.5 Å². The van der Waals surface area contributed by atoms with E-state index in [1.807, 2.05) is 31.2 Å². The van der Waals surface area contributed by atoms with Gasteiger partial charge in [-0.25, -0.2) is 0 Å². The van der Waals surface area contributed by atoms with E-state index in [-0.39, 0.29) is 0 Å². The smallest absolute Gasteiger partial charge is 0.313 e. The molecule has 2 N–H and O–H groups in total. The first-order valence-corrected chi connectivity index (χ1v) is 8.90. The number of hydrogen-bond acceptors (Lipinski definition) is 3. The van der Waals surface area contributed by atoms with Gasteiger partial charge in [-0.2, -0.15) is 0 Å². The molecule has 26 heavy (non-hydrogen) atoms. The number of benzene rings is 2. The maximum atomic E-state index is 12.0. The molecule has 0 aliphatic carbocycles. The summed E-state index contributed by atoms with van der Waals surface area (Å²) in [6, 6.07) is 14.9. The fourth-order valence-corrected chi connectivity index (χ4v) is 2.33. The standard InChI is InChI=1S/C21H26N2O3/c1-4-13-26-19-11-9-18(10-12-19)23-21(25)20(24)22-14-16-5-7-17(8-6-16)15(2)3/h5-12,15H,4,13-14H2,1-3H3,(H,22,24)(H,23,25). The van der Waals surface area contributed by atoms with Gasteiger partial charge < -0.3 is 15.4 Å². The van der Waals surface area contributed by atoms with Crippen LogP contribution >= 0.6 is 0 Å². The van der Waals surface area contributed by atoms with Crippen molar-refractivity contribution in [2.75, 3.05) is 11.9 Å². The van der Waals surface area contributed by atoms with Crippen molar-refractivity contribution < 1.29 is 14.3 Å². The third-order valence-electron chi connectivity index (χ3n) is 3.89. The second kappa shape index (κ2) is 9.61. The fraction of sp³-hybridized carbons (Fsp3) is 0.333. The number of anilines is 1. The Morgan fingerprint density at radius 1 is 0.962 bits per heavy atom. The highest BCUT2D eigenvalue weighted by molar-refractivity contribution is 6.39. The quantitative estimate of drug-likeness (QED) is 0.742. The molecule has 2 rings (SSSR count). The minimum Gasteiger partial charge on any atom is -0.494 e. The first-order chi connectivity index (χ1) is 12.5. The first-order valence-electron chi connectivity index (χ1n) is 8.90. The number of ether oxygens (including phenoxy) is 1. The van der Waals surface area contributed by atoms with Gasteiger partial charge in [0.1, 0.15) is 5.75 Å². The van der Waals surface area contributed by atoms with Gasteiger partial charge in [-0.15, -0.1) is 0 Å². The van der Waals surface area contributed by atoms with Gasteiger partial charge in [0.15, 0.2) is 0 Å². The van der Waals surface area contributed by atoms with Crippen LogP contribution in [0.1, 0.15) is 44.2 Å². The van der Waals surface area contributed by atoms with Gasteiger partial charge >= 0.3 is 11.8 Å². The molecule has 0 radical (unpaired) electrons. The zero-order chi connectivity index (χ0) is 18.9. The van der Waals surface area contributed by atoms with E-state index in [1.54, 1.807) is 24.3 Å². The molecule has 0 unspecified atom stereocenters. The molecule has 0 atom stereocenters. The van der Waals surface area contributed by atoms with E-state index in [9.17, 15) is 9.59 Å². The van der Waals surface area contributed by atoms with Crippen molar-refractivity contribution in [2.45, 2.75) is 39.7 Å². The van der Waals surface area contributed by atoms with Crippen LogP contribution in [0.25, 0.3) is 0 Å². The third kappa shape index (κ3) is 5.92. The van der Waals surface area contributed by atoms with Crippen molar-refractivity contribution in [2.24, 2.45) is 0 Å². The molecule has 0 aliphatic rings. The molecule has 138 valence electrons. The molecule has 0 saturated carbocycles. The Kier molecular flexibility index (Phi) is 7.21. The summed E-state index contributed by atoms with van der Waals surface area (Å²) >= 11 is 0. The van der Waals surface area contributed by atoms with E-state index in [0.717, 1.165) is 17.7 Å². The Morgan fingerprint density at radius 2 is 1.62 bits per heavy atom. The summed E-state index contributed by atoms with van der Waals surface area (Å²) in [5.74, 6) is -0.155. The van der Waals surface area contributed by atoms with E-state index in [0.29, 0.717) is 24.8 Å². The molecule has 5 nitrogen and oxygen atoms in total. The molecule has 2 amide bonds. The average Bonchev–Trinajstić information content (AvgIpc) is 2.65. The fourth-order valence-electron chi connectivity index (χ4n) is 2.33. The highest BCUT2D eigenvalue weighted by Gasteiger charge is 2.13. The summed E-state index contributed by atoms with van der Waals surface area (Å²) in [5, 5.41) is 5.21. The molecule has 5 heteroatoms. The van der Waals surface area contributed by atoms with Crippen molar-refractivity contribution in [1.82, 2.24) is 5.32 Å². The minimum absolute atomic E-state index is 0.314. The van der Waals surface area contributed by atoms with Gasteiger partial charge in [0, 0.05) is 12.2 Å². The van der Waals surface area contributed by atoms with E-state index < -0.39 is 11.8 Å². The number of hydrogen-bond donors (Lipinski definition) is 2. The number of amides is 2. The lowest BCUT2D eigenvalue weighted by Gasteiger charge is -2.09. The average molecular weight is 354 g/mol. The lowest BCUT2D eigenvalue weighted by atomic mass is 10.0. The Morgan fingerprint density at radius 3 is 2.19 bits per heavy atom. The number of nitrogens with one attached hydrogen (secondary N) is 2. The highest BCUT2D eigenvalue weighted by Crippen LogP contribution is 2.16. The predicted octanol–water partition coefficient (Wildman–Crippen LogP) is 3.85. The second-order valence-corrected chi connectivity index (χ2v) is 6.41. The lowest BCUT2D eigenvalue weighted by Crippen LogP contribution is -2.34. The van der Waals surface area contributed by atoms with Crippen molar-refractivity contribution >= 4 is 17.5 Å². The van der Waals surface area contributed by atoms with Gasteiger partial charge in [0.25, 0.3) is 0 Å². The summed E-state index contributed by atoms with van der Waals surface area (Å²) in [4.78, 5) is 23.9. The van der Waals surface area contributed by atoms with Crippen molar-refractivity contribution in [3.05, 3.63) is 59.7 Å². The minimum atomic E-state index is -0.689. The van der Waals surface area contributed by atoms with Gasteiger partial charge in [-0.05, 0) is 47.7 Å². The molecule has 2 aromatic carbocycles. The monoisotopic (exact) mass is 354 g/mol. The topological polar surface area (TPSA) is 67.4 Å². The number of carbonyl (C=O) groups is 2. The molecule has 0 aliphatic heterocycles. The van der Waals surface area contributed by atoms with Crippen LogP contribution in [0.3, 0.4) is 0 Å². The molecular weight excluding hydrogens is 328 g/mol. The van der Waals surface area contributed by atoms with E-state index in [4.69, 9.17) is 4.74 Å². The summed E-state index contributed by atoms with van der Waals surface area (Å²) < 4.78 is 5.48. The Bertz CT molecular complexity index is 722. The summed E-state index contributed by atoms with van der Waals surface area (Å²) in [6.07, 6.45) is 0.929. The molecule has 0 bridgehead atoms. The molecular formula is C21H26N2O3. The first kappa shape index (κ1) is 19.5. The van der Waals surface area contributed by atoms with Crippen LogP contribution in [0.2, 0.25) is 0 Å². The van der Waals surface area contributed by atoms with E-state index in [1.165, 1.54) is 5.56 Å². The maximum absolute atomic E-state index is 12.0. The zero-order valence-corrected chi connectivity index (χ0v) is 15.5. The molecule has 0 fully saturated rings. The highest BCUT2D eigenvalue weighted by atomic mass is 16.5. The van der Waals surface area contributed by atoms with Crippen LogP contribution in [0.5, 0.6) is 5.75 Å². The summed E-state index contributed by atoms with van der Waals surface area (Å²) in [5.41, 5.74) is 2.74. The zero-order valence-electron chi connectivity index (χ0n) is 15.5. The SMILES string of the molecule is CCCOc1ccc(NC(=O)C(=O)NCc2ccc(C(C)C)cc2)cc1. The van der Waals surface area contributed by atoms with Crippen LogP contribution in [0.15, 0.2) is 48.5 Å². The number of rotatable bonds is 7. The van der Waals surface area contributed by atoms with Gasteiger partial charge in [0.05, 0.1) is 6.61 Å². The maximum Gasteiger partial charge on any atom is 0.313 e. The molecule has 0 spiro atoms. The lowest BCUT2D eigenvalue weighted by molar-refractivity contribution is -0.136. The van der Waals surface area contributed by atoms with Gasteiger partial charge in [0.2, 0.25) is 0 Å². The predicted molar refractivity (Wildman–Crippen MR) is 103 cm³/mol. The summed E-state index contributed by atoms with van der Waals surface area (Å²) in [7, 11) is 0. The third-order valence-corrected chi connectivity index (χ3v) is 3.89. The van der Waals surface area contributed by atoms with Crippen molar-refractivity contribution in [3.63, 3.8) is 0 Å². The van der Waals surface area contributed by atoms with Crippen LogP contribution in [0, 0.1) is 0 Å². The van der Waals surface area contributed by atoms with Crippen molar-refractivity contribution in [1.29, 1.82) is 0 Å². The Balaban J connectivity index is 1.82. The Hall–Kier alpha value is -2.82.